The summed E-state index contributed by atoms with van der Waals surface area (Å²) in [6.45, 7) is 2.56. The Labute approximate surface area is 123 Å². The first-order valence-electron chi connectivity index (χ1n) is 6.90. The number of aliphatic hydroxyl groups excluding tert-OH is 1. The van der Waals surface area contributed by atoms with Gasteiger partial charge in [-0.15, -0.1) is 0 Å². The molecule has 4 heteroatoms. The second-order valence-corrected chi connectivity index (χ2v) is 5.16. The van der Waals surface area contributed by atoms with Crippen molar-refractivity contribution in [2.75, 3.05) is 11.5 Å². The Bertz CT molecular complexity index is 681. The van der Waals surface area contributed by atoms with E-state index in [4.69, 9.17) is 4.74 Å². The number of rotatable bonds is 3. The third-order valence-corrected chi connectivity index (χ3v) is 3.74. The summed E-state index contributed by atoms with van der Waals surface area (Å²) in [5.41, 5.74) is 3.81. The summed E-state index contributed by atoms with van der Waals surface area (Å²) in [6, 6.07) is 13.5. The Balaban J connectivity index is 1.96. The highest BCUT2D eigenvalue weighted by Crippen LogP contribution is 2.34. The molecule has 1 aliphatic rings. The van der Waals surface area contributed by atoms with E-state index in [0.717, 1.165) is 22.4 Å². The maximum Gasteiger partial charge on any atom is 0.265 e. The van der Waals surface area contributed by atoms with Crippen molar-refractivity contribution in [2.45, 2.75) is 20.1 Å². The third-order valence-electron chi connectivity index (χ3n) is 3.74. The molecule has 1 N–H and O–H groups in total. The summed E-state index contributed by atoms with van der Waals surface area (Å²) in [5.74, 6) is 0.595. The number of carbonyl (C=O) groups excluding carboxylic acids is 1. The van der Waals surface area contributed by atoms with Gasteiger partial charge >= 0.3 is 0 Å². The summed E-state index contributed by atoms with van der Waals surface area (Å²) >= 11 is 0. The van der Waals surface area contributed by atoms with E-state index in [1.807, 2.05) is 43.3 Å². The van der Waals surface area contributed by atoms with Crippen LogP contribution in [-0.4, -0.2) is 17.6 Å². The molecule has 0 saturated heterocycles. The van der Waals surface area contributed by atoms with Crippen molar-refractivity contribution in [1.82, 2.24) is 0 Å². The lowest BCUT2D eigenvalue weighted by atomic mass is 10.1. The smallest absolute Gasteiger partial charge is 0.265 e. The molecule has 0 radical (unpaired) electrons. The van der Waals surface area contributed by atoms with Crippen LogP contribution in [0.5, 0.6) is 5.75 Å². The molecule has 0 aliphatic carbocycles. The molecule has 3 rings (SSSR count). The van der Waals surface area contributed by atoms with E-state index in [1.165, 1.54) is 0 Å². The van der Waals surface area contributed by atoms with Gasteiger partial charge in [0.15, 0.2) is 6.61 Å². The quantitative estimate of drug-likeness (QED) is 0.941. The fourth-order valence-electron chi connectivity index (χ4n) is 2.48. The van der Waals surface area contributed by atoms with Crippen LogP contribution in [0.3, 0.4) is 0 Å². The van der Waals surface area contributed by atoms with Crippen molar-refractivity contribution >= 4 is 11.6 Å². The Morgan fingerprint density at radius 1 is 1.24 bits per heavy atom. The number of fused-ring (bicyclic) bond motifs is 1. The largest absolute Gasteiger partial charge is 0.482 e. The van der Waals surface area contributed by atoms with E-state index in [2.05, 4.69) is 0 Å². The van der Waals surface area contributed by atoms with Gasteiger partial charge in [0.2, 0.25) is 0 Å². The molecule has 0 bridgehead atoms. The van der Waals surface area contributed by atoms with E-state index in [9.17, 15) is 9.90 Å². The van der Waals surface area contributed by atoms with Crippen molar-refractivity contribution in [1.29, 1.82) is 0 Å². The molecule has 2 aromatic rings. The number of anilines is 1. The van der Waals surface area contributed by atoms with Crippen molar-refractivity contribution < 1.29 is 14.6 Å². The SMILES string of the molecule is Cc1ccccc1CN1C(=O)COc2cc(CO)ccc21. The Morgan fingerprint density at radius 3 is 2.81 bits per heavy atom. The van der Waals surface area contributed by atoms with Gasteiger partial charge in [-0.25, -0.2) is 0 Å². The second kappa shape index (κ2) is 5.58. The van der Waals surface area contributed by atoms with Gasteiger partial charge < -0.3 is 14.7 Å². The topological polar surface area (TPSA) is 49.8 Å². The zero-order chi connectivity index (χ0) is 14.8. The molecule has 4 nitrogen and oxygen atoms in total. The number of hydrogen-bond acceptors (Lipinski definition) is 3. The maximum atomic E-state index is 12.2. The molecule has 0 aromatic heterocycles. The Kier molecular flexibility index (Phi) is 3.62. The Hall–Kier alpha value is -2.33. The molecule has 0 unspecified atom stereocenters. The van der Waals surface area contributed by atoms with Gasteiger partial charge in [-0.05, 0) is 35.7 Å². The number of nitrogens with zero attached hydrogens (tertiary/aromatic N) is 1. The molecule has 1 aliphatic heterocycles. The van der Waals surface area contributed by atoms with Crippen LogP contribution >= 0.6 is 0 Å². The fraction of sp³-hybridized carbons (Fsp3) is 0.235. The summed E-state index contributed by atoms with van der Waals surface area (Å²) in [7, 11) is 0. The molecule has 108 valence electrons. The normalized spacial score (nSPS) is 13.8. The van der Waals surface area contributed by atoms with Crippen LogP contribution in [0, 0.1) is 6.92 Å². The minimum Gasteiger partial charge on any atom is -0.482 e. The molecule has 1 heterocycles. The van der Waals surface area contributed by atoms with Crippen LogP contribution in [0.25, 0.3) is 0 Å². The zero-order valence-electron chi connectivity index (χ0n) is 11.9. The molecule has 21 heavy (non-hydrogen) atoms. The highest BCUT2D eigenvalue weighted by molar-refractivity contribution is 5.97. The predicted molar refractivity (Wildman–Crippen MR) is 80.2 cm³/mol. The molecular weight excluding hydrogens is 266 g/mol. The molecule has 0 atom stereocenters. The first-order valence-corrected chi connectivity index (χ1v) is 6.90. The van der Waals surface area contributed by atoms with Crippen LogP contribution < -0.4 is 9.64 Å². The average Bonchev–Trinajstić information content (AvgIpc) is 2.51. The zero-order valence-corrected chi connectivity index (χ0v) is 11.9. The maximum absolute atomic E-state index is 12.2. The van der Waals surface area contributed by atoms with Gasteiger partial charge in [-0.1, -0.05) is 30.3 Å². The van der Waals surface area contributed by atoms with Gasteiger partial charge in [-0.2, -0.15) is 0 Å². The molecular formula is C17H17NO3. The fourth-order valence-corrected chi connectivity index (χ4v) is 2.48. The van der Waals surface area contributed by atoms with Crippen LogP contribution in [-0.2, 0) is 17.9 Å². The van der Waals surface area contributed by atoms with Crippen LogP contribution in [0.4, 0.5) is 5.69 Å². The summed E-state index contributed by atoms with van der Waals surface area (Å²) in [5, 5.41) is 9.19. The highest BCUT2D eigenvalue weighted by Gasteiger charge is 2.26. The Morgan fingerprint density at radius 2 is 2.05 bits per heavy atom. The minimum absolute atomic E-state index is 0.0355. The van der Waals surface area contributed by atoms with E-state index >= 15 is 0 Å². The summed E-state index contributed by atoms with van der Waals surface area (Å²) < 4.78 is 5.47. The average molecular weight is 283 g/mol. The van der Waals surface area contributed by atoms with Crippen LogP contribution in [0.1, 0.15) is 16.7 Å². The van der Waals surface area contributed by atoms with Crippen LogP contribution in [0.15, 0.2) is 42.5 Å². The first-order chi connectivity index (χ1) is 10.2. The van der Waals surface area contributed by atoms with Gasteiger partial charge in [0.05, 0.1) is 18.8 Å². The lowest BCUT2D eigenvalue weighted by molar-refractivity contribution is -0.121. The van der Waals surface area contributed by atoms with Crippen molar-refractivity contribution in [3.63, 3.8) is 0 Å². The molecule has 2 aromatic carbocycles. The standard InChI is InChI=1S/C17H17NO3/c1-12-4-2-3-5-14(12)9-18-15-7-6-13(10-19)8-16(15)21-11-17(18)20/h2-8,19H,9-11H2,1H3. The van der Waals surface area contributed by atoms with E-state index in [0.29, 0.717) is 12.3 Å². The number of aryl methyl sites for hydroxylation is 1. The van der Waals surface area contributed by atoms with E-state index < -0.39 is 0 Å². The van der Waals surface area contributed by atoms with E-state index in [-0.39, 0.29) is 19.1 Å². The first kappa shape index (κ1) is 13.6. The summed E-state index contributed by atoms with van der Waals surface area (Å²) in [4.78, 5) is 13.9. The summed E-state index contributed by atoms with van der Waals surface area (Å²) in [6.07, 6.45) is 0. The lowest BCUT2D eigenvalue weighted by Gasteiger charge is -2.30. The number of ether oxygens (including phenoxy) is 1. The van der Waals surface area contributed by atoms with Gasteiger partial charge in [0.25, 0.3) is 5.91 Å². The second-order valence-electron chi connectivity index (χ2n) is 5.16. The van der Waals surface area contributed by atoms with Gasteiger partial charge in [0.1, 0.15) is 5.75 Å². The lowest BCUT2D eigenvalue weighted by Crippen LogP contribution is -2.38. The van der Waals surface area contributed by atoms with Crippen molar-refractivity contribution in [3.05, 3.63) is 59.2 Å². The number of amides is 1. The van der Waals surface area contributed by atoms with Crippen molar-refractivity contribution in [2.24, 2.45) is 0 Å². The monoisotopic (exact) mass is 283 g/mol. The molecule has 0 spiro atoms. The van der Waals surface area contributed by atoms with Crippen LogP contribution in [0.2, 0.25) is 0 Å². The molecule has 1 amide bonds. The molecule has 0 saturated carbocycles. The number of aliphatic hydroxyl groups is 1. The van der Waals surface area contributed by atoms with Crippen molar-refractivity contribution in [3.8, 4) is 5.75 Å². The van der Waals surface area contributed by atoms with Gasteiger partial charge in [-0.3, -0.25) is 4.79 Å². The number of carbonyl (C=O) groups is 1. The van der Waals surface area contributed by atoms with E-state index in [1.54, 1.807) is 11.0 Å². The number of benzene rings is 2. The predicted octanol–water partition coefficient (Wildman–Crippen LogP) is 2.41. The minimum atomic E-state index is -0.0532. The third kappa shape index (κ3) is 2.62. The number of hydrogen-bond donors (Lipinski definition) is 1. The van der Waals surface area contributed by atoms with Gasteiger partial charge in [0, 0.05) is 0 Å². The molecule has 0 fully saturated rings. The highest BCUT2D eigenvalue weighted by atomic mass is 16.5.